The fraction of sp³-hybridized carbons (Fsp3) is 0.357. The topological polar surface area (TPSA) is 71.7 Å². The molecule has 1 N–H and O–H groups in total. The van der Waals surface area contributed by atoms with E-state index in [9.17, 15) is 9.59 Å². The van der Waals surface area contributed by atoms with Crippen LogP contribution in [0.5, 0.6) is 0 Å². The second-order valence-electron chi connectivity index (χ2n) is 5.50. The molecule has 0 unspecified atom stereocenters. The van der Waals surface area contributed by atoms with Gasteiger partial charge in [0, 0.05) is 5.41 Å². The maximum absolute atomic E-state index is 12.0. The molecule has 1 aromatic heterocycles. The van der Waals surface area contributed by atoms with Crippen LogP contribution in [-0.4, -0.2) is 21.6 Å². The van der Waals surface area contributed by atoms with Crippen molar-refractivity contribution in [3.8, 4) is 0 Å². The van der Waals surface area contributed by atoms with Crippen molar-refractivity contribution in [3.05, 3.63) is 29.1 Å². The van der Waals surface area contributed by atoms with Crippen LogP contribution in [0.25, 0.3) is 10.2 Å². The average molecular weight is 292 g/mol. The van der Waals surface area contributed by atoms with Crippen molar-refractivity contribution in [1.29, 1.82) is 0 Å². The molecule has 0 atom stereocenters. The van der Waals surface area contributed by atoms with Gasteiger partial charge in [-0.1, -0.05) is 44.2 Å². The number of carboxylic acids is 1. The second kappa shape index (κ2) is 5.20. The standard InChI is InChI=1S/C14H16N2O3S/c1-14(2,3)12(19)15-13-16(8-11(17)18)9-6-4-5-7-10(9)20-13/h4-7H,8H2,1-3H3,(H,17,18). The van der Waals surface area contributed by atoms with Crippen molar-refractivity contribution < 1.29 is 14.7 Å². The third kappa shape index (κ3) is 2.96. The molecule has 2 rings (SSSR count). The van der Waals surface area contributed by atoms with Gasteiger partial charge in [0.25, 0.3) is 5.91 Å². The van der Waals surface area contributed by atoms with Crippen LogP contribution in [0.3, 0.4) is 0 Å². The Labute approximate surface area is 120 Å². The van der Waals surface area contributed by atoms with Gasteiger partial charge in [-0.3, -0.25) is 9.59 Å². The summed E-state index contributed by atoms with van der Waals surface area (Å²) in [6.45, 7) is 5.15. The number of carboxylic acid groups (broad SMARTS) is 1. The average Bonchev–Trinajstić information content (AvgIpc) is 2.66. The fourth-order valence-corrected chi connectivity index (χ4v) is 2.68. The van der Waals surface area contributed by atoms with Gasteiger partial charge < -0.3 is 9.67 Å². The van der Waals surface area contributed by atoms with Crippen LogP contribution in [0.4, 0.5) is 0 Å². The van der Waals surface area contributed by atoms with E-state index in [1.807, 2.05) is 24.3 Å². The predicted molar refractivity (Wildman–Crippen MR) is 77.5 cm³/mol. The van der Waals surface area contributed by atoms with Crippen LogP contribution in [0.2, 0.25) is 0 Å². The molecule has 0 spiro atoms. The van der Waals surface area contributed by atoms with Crippen LogP contribution >= 0.6 is 11.3 Å². The molecule has 0 aliphatic carbocycles. The number of hydrogen-bond donors (Lipinski definition) is 1. The first-order valence-corrected chi connectivity index (χ1v) is 7.00. The number of benzene rings is 1. The number of carbonyl (C=O) groups is 2. The quantitative estimate of drug-likeness (QED) is 0.923. The molecule has 0 fully saturated rings. The largest absolute Gasteiger partial charge is 0.480 e. The number of carbonyl (C=O) groups excluding carboxylic acids is 1. The maximum atomic E-state index is 12.0. The number of amides is 1. The molecule has 0 saturated heterocycles. The number of thiazole rings is 1. The summed E-state index contributed by atoms with van der Waals surface area (Å²) in [6.07, 6.45) is 0. The van der Waals surface area contributed by atoms with E-state index in [-0.39, 0.29) is 12.5 Å². The molecule has 5 nitrogen and oxygen atoms in total. The van der Waals surface area contributed by atoms with Crippen molar-refractivity contribution >= 4 is 33.4 Å². The molecule has 0 aliphatic rings. The van der Waals surface area contributed by atoms with Crippen LogP contribution in [0, 0.1) is 5.41 Å². The third-order valence-corrected chi connectivity index (χ3v) is 3.78. The molecule has 0 bridgehead atoms. The molecule has 0 radical (unpaired) electrons. The Hall–Kier alpha value is -1.95. The van der Waals surface area contributed by atoms with E-state index in [0.29, 0.717) is 4.80 Å². The summed E-state index contributed by atoms with van der Waals surface area (Å²) in [5, 5.41) is 9.02. The molecule has 0 aliphatic heterocycles. The van der Waals surface area contributed by atoms with Gasteiger partial charge >= 0.3 is 5.97 Å². The number of rotatable bonds is 2. The van der Waals surface area contributed by atoms with Crippen LogP contribution in [-0.2, 0) is 16.1 Å². The van der Waals surface area contributed by atoms with E-state index >= 15 is 0 Å². The molecule has 20 heavy (non-hydrogen) atoms. The highest BCUT2D eigenvalue weighted by molar-refractivity contribution is 7.16. The number of nitrogens with zero attached hydrogens (tertiary/aromatic N) is 2. The van der Waals surface area contributed by atoms with E-state index in [2.05, 4.69) is 4.99 Å². The SMILES string of the molecule is CC(C)(C)C(=O)N=c1sc2ccccc2n1CC(=O)O. The third-order valence-electron chi connectivity index (χ3n) is 2.72. The van der Waals surface area contributed by atoms with Gasteiger partial charge in [-0.05, 0) is 12.1 Å². The summed E-state index contributed by atoms with van der Waals surface area (Å²) < 4.78 is 2.47. The minimum absolute atomic E-state index is 0.208. The second-order valence-corrected chi connectivity index (χ2v) is 6.51. The Morgan fingerprint density at radius 1 is 1.30 bits per heavy atom. The molecule has 6 heteroatoms. The Kier molecular flexibility index (Phi) is 3.76. The molecule has 0 saturated carbocycles. The fourth-order valence-electron chi connectivity index (χ4n) is 1.65. The van der Waals surface area contributed by atoms with Crippen molar-refractivity contribution in [1.82, 2.24) is 4.57 Å². The zero-order valence-corrected chi connectivity index (χ0v) is 12.4. The van der Waals surface area contributed by atoms with Gasteiger partial charge in [-0.2, -0.15) is 4.99 Å². The number of aromatic nitrogens is 1. The summed E-state index contributed by atoms with van der Waals surface area (Å²) in [6, 6.07) is 7.43. The molecular formula is C14H16N2O3S. The van der Waals surface area contributed by atoms with E-state index in [1.165, 1.54) is 11.3 Å². The van der Waals surface area contributed by atoms with Gasteiger partial charge in [-0.15, -0.1) is 0 Å². The number of fused-ring (bicyclic) bond motifs is 1. The minimum Gasteiger partial charge on any atom is -0.480 e. The molecule has 1 aromatic carbocycles. The Balaban J connectivity index is 2.66. The summed E-state index contributed by atoms with van der Waals surface area (Å²) >= 11 is 1.32. The number of aliphatic carboxylic acids is 1. The smallest absolute Gasteiger partial charge is 0.323 e. The lowest BCUT2D eigenvalue weighted by atomic mass is 9.96. The highest BCUT2D eigenvalue weighted by Gasteiger charge is 2.21. The van der Waals surface area contributed by atoms with Crippen LogP contribution < -0.4 is 4.80 Å². The Bertz CT molecular complexity index is 735. The van der Waals surface area contributed by atoms with Crippen molar-refractivity contribution in [2.24, 2.45) is 10.4 Å². The lowest BCUT2D eigenvalue weighted by Crippen LogP contribution is -2.25. The van der Waals surface area contributed by atoms with E-state index in [0.717, 1.165) is 10.2 Å². The van der Waals surface area contributed by atoms with Crippen molar-refractivity contribution in [3.63, 3.8) is 0 Å². The van der Waals surface area contributed by atoms with Gasteiger partial charge in [0.05, 0.1) is 10.2 Å². The van der Waals surface area contributed by atoms with Crippen molar-refractivity contribution in [2.45, 2.75) is 27.3 Å². The molecule has 106 valence electrons. The molecular weight excluding hydrogens is 276 g/mol. The summed E-state index contributed by atoms with van der Waals surface area (Å²) in [4.78, 5) is 27.6. The van der Waals surface area contributed by atoms with Gasteiger partial charge in [0.2, 0.25) is 0 Å². The lowest BCUT2D eigenvalue weighted by Gasteiger charge is -2.11. The zero-order chi connectivity index (χ0) is 14.9. The first-order chi connectivity index (χ1) is 9.29. The first-order valence-electron chi connectivity index (χ1n) is 6.18. The summed E-state index contributed by atoms with van der Waals surface area (Å²) in [7, 11) is 0. The van der Waals surface area contributed by atoms with E-state index in [4.69, 9.17) is 5.11 Å². The van der Waals surface area contributed by atoms with Gasteiger partial charge in [0.15, 0.2) is 4.80 Å². The number of hydrogen-bond acceptors (Lipinski definition) is 3. The van der Waals surface area contributed by atoms with E-state index < -0.39 is 11.4 Å². The minimum atomic E-state index is -0.960. The first kappa shape index (κ1) is 14.5. The number of para-hydroxylation sites is 1. The summed E-state index contributed by atoms with van der Waals surface area (Å²) in [5.41, 5.74) is 0.192. The maximum Gasteiger partial charge on any atom is 0.323 e. The Morgan fingerprint density at radius 3 is 2.55 bits per heavy atom. The van der Waals surface area contributed by atoms with Crippen LogP contribution in [0.15, 0.2) is 29.3 Å². The lowest BCUT2D eigenvalue weighted by molar-refractivity contribution is -0.137. The van der Waals surface area contributed by atoms with Gasteiger partial charge in [0.1, 0.15) is 6.54 Å². The molecule has 2 aromatic rings. The van der Waals surface area contributed by atoms with Crippen LogP contribution in [0.1, 0.15) is 20.8 Å². The van der Waals surface area contributed by atoms with Crippen molar-refractivity contribution in [2.75, 3.05) is 0 Å². The molecule has 1 heterocycles. The normalized spacial score (nSPS) is 12.8. The monoisotopic (exact) mass is 292 g/mol. The predicted octanol–water partition coefficient (Wildman–Crippen LogP) is 2.26. The highest BCUT2D eigenvalue weighted by atomic mass is 32.1. The zero-order valence-electron chi connectivity index (χ0n) is 11.6. The summed E-state index contributed by atoms with van der Waals surface area (Å²) in [5.74, 6) is -1.22. The highest BCUT2D eigenvalue weighted by Crippen LogP contribution is 2.18. The molecule has 1 amide bonds. The van der Waals surface area contributed by atoms with E-state index in [1.54, 1.807) is 25.3 Å². The Morgan fingerprint density at radius 2 is 1.95 bits per heavy atom. The van der Waals surface area contributed by atoms with Gasteiger partial charge in [-0.25, -0.2) is 0 Å².